The molecule has 1 fully saturated rings. The molecular formula is C16H21FN4O2S. The lowest BCUT2D eigenvalue weighted by Gasteiger charge is -2.31. The summed E-state index contributed by atoms with van der Waals surface area (Å²) in [6.45, 7) is 2.74. The molecule has 0 spiro atoms. The van der Waals surface area contributed by atoms with Crippen LogP contribution in [-0.2, 0) is 10.0 Å². The maximum Gasteiger partial charge on any atom is 0.243 e. The van der Waals surface area contributed by atoms with Gasteiger partial charge in [-0.15, -0.1) is 0 Å². The summed E-state index contributed by atoms with van der Waals surface area (Å²) in [6, 6.07) is 4.30. The van der Waals surface area contributed by atoms with Crippen molar-refractivity contribution in [1.82, 2.24) is 19.4 Å². The molecule has 1 saturated heterocycles. The van der Waals surface area contributed by atoms with Gasteiger partial charge < -0.3 is 5.32 Å². The highest BCUT2D eigenvalue weighted by Gasteiger charge is 2.29. The summed E-state index contributed by atoms with van der Waals surface area (Å²) in [7, 11) is -1.80. The van der Waals surface area contributed by atoms with Gasteiger partial charge in [0.25, 0.3) is 0 Å². The van der Waals surface area contributed by atoms with Crippen molar-refractivity contribution in [2.24, 2.45) is 0 Å². The molecule has 2 heterocycles. The molecule has 1 aliphatic rings. The SMILES string of the molecule is CNC1CCN(S(=O)(=O)c2ccc(-n3cc(C)cn3)c(F)c2)CC1. The van der Waals surface area contributed by atoms with E-state index in [0.717, 1.165) is 24.5 Å². The molecule has 1 N–H and O–H groups in total. The summed E-state index contributed by atoms with van der Waals surface area (Å²) >= 11 is 0. The van der Waals surface area contributed by atoms with Crippen molar-refractivity contribution in [3.05, 3.63) is 42.0 Å². The standard InChI is InChI=1S/C16H21FN4O2S/c1-12-10-19-21(11-12)16-4-3-14(9-15(16)17)24(22,23)20-7-5-13(18-2)6-8-20/h3-4,9-11,13,18H,5-8H2,1-2H3. The number of aromatic nitrogens is 2. The van der Waals surface area contributed by atoms with Gasteiger partial charge in [0.2, 0.25) is 10.0 Å². The monoisotopic (exact) mass is 352 g/mol. The van der Waals surface area contributed by atoms with Crippen LogP contribution in [0.4, 0.5) is 4.39 Å². The quantitative estimate of drug-likeness (QED) is 0.909. The second-order valence-corrected chi connectivity index (χ2v) is 7.98. The Kier molecular flexibility index (Phi) is 4.71. The molecule has 24 heavy (non-hydrogen) atoms. The van der Waals surface area contributed by atoms with Crippen molar-refractivity contribution in [1.29, 1.82) is 0 Å². The minimum Gasteiger partial charge on any atom is -0.317 e. The Balaban J connectivity index is 1.85. The van der Waals surface area contributed by atoms with Crippen LogP contribution in [0.15, 0.2) is 35.5 Å². The summed E-state index contributed by atoms with van der Waals surface area (Å²) < 4.78 is 42.6. The van der Waals surface area contributed by atoms with Crippen molar-refractivity contribution < 1.29 is 12.8 Å². The normalized spacial score (nSPS) is 17.3. The largest absolute Gasteiger partial charge is 0.317 e. The fourth-order valence-electron chi connectivity index (χ4n) is 2.91. The van der Waals surface area contributed by atoms with Gasteiger partial charge in [0, 0.05) is 25.3 Å². The predicted octanol–water partition coefficient (Wildman–Crippen LogP) is 1.69. The van der Waals surface area contributed by atoms with E-state index in [1.807, 2.05) is 14.0 Å². The highest BCUT2D eigenvalue weighted by atomic mass is 32.2. The maximum atomic E-state index is 14.4. The van der Waals surface area contributed by atoms with Gasteiger partial charge >= 0.3 is 0 Å². The van der Waals surface area contributed by atoms with E-state index in [9.17, 15) is 12.8 Å². The van der Waals surface area contributed by atoms with Crippen LogP contribution in [0, 0.1) is 12.7 Å². The first-order valence-corrected chi connectivity index (χ1v) is 9.34. The molecule has 0 amide bonds. The number of sulfonamides is 1. The van der Waals surface area contributed by atoms with Crippen LogP contribution >= 0.6 is 0 Å². The molecule has 130 valence electrons. The van der Waals surface area contributed by atoms with Crippen molar-refractivity contribution in [2.75, 3.05) is 20.1 Å². The molecular weight excluding hydrogens is 331 g/mol. The van der Waals surface area contributed by atoms with Gasteiger partial charge in [-0.1, -0.05) is 0 Å². The third-order valence-corrected chi connectivity index (χ3v) is 6.27. The highest BCUT2D eigenvalue weighted by molar-refractivity contribution is 7.89. The lowest BCUT2D eigenvalue weighted by atomic mass is 10.1. The zero-order chi connectivity index (χ0) is 17.3. The van der Waals surface area contributed by atoms with Gasteiger partial charge in [-0.2, -0.15) is 9.40 Å². The molecule has 8 heteroatoms. The van der Waals surface area contributed by atoms with Crippen molar-refractivity contribution in [3.63, 3.8) is 0 Å². The van der Waals surface area contributed by atoms with Crippen LogP contribution < -0.4 is 5.32 Å². The van der Waals surface area contributed by atoms with Crippen LogP contribution in [0.25, 0.3) is 5.69 Å². The summed E-state index contributed by atoms with van der Waals surface area (Å²) in [4.78, 5) is -0.0180. The number of halogens is 1. The first-order valence-electron chi connectivity index (χ1n) is 7.90. The van der Waals surface area contributed by atoms with E-state index in [1.54, 1.807) is 12.4 Å². The van der Waals surface area contributed by atoms with Gasteiger partial charge in [0.1, 0.15) is 11.5 Å². The van der Waals surface area contributed by atoms with E-state index < -0.39 is 15.8 Å². The van der Waals surface area contributed by atoms with Gasteiger partial charge in [0.15, 0.2) is 0 Å². The van der Waals surface area contributed by atoms with E-state index in [-0.39, 0.29) is 10.6 Å². The number of aryl methyl sites for hydroxylation is 1. The first kappa shape index (κ1) is 17.1. The maximum absolute atomic E-state index is 14.4. The number of benzene rings is 1. The second kappa shape index (κ2) is 6.62. The van der Waals surface area contributed by atoms with E-state index in [0.29, 0.717) is 19.1 Å². The first-order chi connectivity index (χ1) is 11.4. The van der Waals surface area contributed by atoms with E-state index in [1.165, 1.54) is 21.1 Å². The highest BCUT2D eigenvalue weighted by Crippen LogP contribution is 2.24. The minimum absolute atomic E-state index is 0.0180. The Labute approximate surface area is 141 Å². The van der Waals surface area contributed by atoms with Crippen molar-refractivity contribution >= 4 is 10.0 Å². The number of piperidine rings is 1. The van der Waals surface area contributed by atoms with Crippen LogP contribution in [0.3, 0.4) is 0 Å². The molecule has 6 nitrogen and oxygen atoms in total. The Morgan fingerprint density at radius 1 is 1.29 bits per heavy atom. The average Bonchev–Trinajstić information content (AvgIpc) is 3.01. The molecule has 1 aromatic carbocycles. The Morgan fingerprint density at radius 3 is 2.54 bits per heavy atom. The predicted molar refractivity (Wildman–Crippen MR) is 89.1 cm³/mol. The lowest BCUT2D eigenvalue weighted by molar-refractivity contribution is 0.298. The zero-order valence-electron chi connectivity index (χ0n) is 13.7. The van der Waals surface area contributed by atoms with Crippen LogP contribution in [-0.4, -0.2) is 48.7 Å². The van der Waals surface area contributed by atoms with Crippen LogP contribution in [0.1, 0.15) is 18.4 Å². The number of hydrogen-bond donors (Lipinski definition) is 1. The third kappa shape index (κ3) is 3.22. The molecule has 0 atom stereocenters. The molecule has 3 rings (SSSR count). The number of rotatable bonds is 4. The molecule has 1 aromatic heterocycles. The van der Waals surface area contributed by atoms with E-state index in [4.69, 9.17) is 0 Å². The summed E-state index contributed by atoms with van der Waals surface area (Å²) in [5.74, 6) is -0.607. The smallest absolute Gasteiger partial charge is 0.243 e. The van der Waals surface area contributed by atoms with Gasteiger partial charge in [-0.25, -0.2) is 17.5 Å². The number of nitrogens with one attached hydrogen (secondary N) is 1. The average molecular weight is 352 g/mol. The van der Waals surface area contributed by atoms with Crippen molar-refractivity contribution in [3.8, 4) is 5.69 Å². The Morgan fingerprint density at radius 2 is 2.00 bits per heavy atom. The Bertz CT molecular complexity index is 826. The summed E-state index contributed by atoms with van der Waals surface area (Å²) in [5, 5.41) is 7.22. The minimum atomic E-state index is -3.67. The lowest BCUT2D eigenvalue weighted by Crippen LogP contribution is -2.43. The van der Waals surface area contributed by atoms with E-state index >= 15 is 0 Å². The number of hydrogen-bond acceptors (Lipinski definition) is 4. The van der Waals surface area contributed by atoms with Crippen LogP contribution in [0.5, 0.6) is 0 Å². The van der Waals surface area contributed by atoms with E-state index in [2.05, 4.69) is 10.4 Å². The van der Waals surface area contributed by atoms with Crippen molar-refractivity contribution in [2.45, 2.75) is 30.7 Å². The molecule has 2 aromatic rings. The number of nitrogens with zero attached hydrogens (tertiary/aromatic N) is 3. The third-order valence-electron chi connectivity index (χ3n) is 4.38. The molecule has 0 saturated carbocycles. The molecule has 0 bridgehead atoms. The Hall–Kier alpha value is -1.77. The second-order valence-electron chi connectivity index (χ2n) is 6.04. The topological polar surface area (TPSA) is 67.2 Å². The van der Waals surface area contributed by atoms with Gasteiger partial charge in [-0.05, 0) is 50.6 Å². The van der Waals surface area contributed by atoms with Gasteiger partial charge in [-0.3, -0.25) is 0 Å². The van der Waals surface area contributed by atoms with Gasteiger partial charge in [0.05, 0.1) is 11.1 Å². The molecule has 0 radical (unpaired) electrons. The fraction of sp³-hybridized carbons (Fsp3) is 0.438. The fourth-order valence-corrected chi connectivity index (χ4v) is 4.39. The summed E-state index contributed by atoms with van der Waals surface area (Å²) in [5.41, 5.74) is 1.13. The zero-order valence-corrected chi connectivity index (χ0v) is 14.6. The van der Waals surface area contributed by atoms with Crippen LogP contribution in [0.2, 0.25) is 0 Å². The molecule has 0 unspecified atom stereocenters. The molecule has 0 aliphatic carbocycles. The molecule has 1 aliphatic heterocycles. The summed E-state index contributed by atoms with van der Waals surface area (Å²) in [6.07, 6.45) is 4.82.